The third kappa shape index (κ3) is 4.56. The van der Waals surface area contributed by atoms with Crippen LogP contribution < -0.4 is 5.32 Å². The molecule has 0 saturated heterocycles. The van der Waals surface area contributed by atoms with E-state index < -0.39 is 4.92 Å². The van der Waals surface area contributed by atoms with E-state index >= 15 is 0 Å². The average molecular weight is 526 g/mol. The molecule has 1 amide bonds. The van der Waals surface area contributed by atoms with Gasteiger partial charge < -0.3 is 15.4 Å². The molecule has 0 saturated carbocycles. The van der Waals surface area contributed by atoms with Gasteiger partial charge >= 0.3 is 5.82 Å². The molecule has 0 aliphatic carbocycles. The Balaban J connectivity index is 1.72. The van der Waals surface area contributed by atoms with Gasteiger partial charge in [-0.25, -0.2) is 0 Å². The summed E-state index contributed by atoms with van der Waals surface area (Å²) < 4.78 is 4.45. The van der Waals surface area contributed by atoms with E-state index in [1.807, 2.05) is 36.7 Å². The van der Waals surface area contributed by atoms with E-state index in [0.717, 1.165) is 21.4 Å². The number of nitrogens with one attached hydrogen (secondary N) is 1. The van der Waals surface area contributed by atoms with Crippen molar-refractivity contribution in [3.8, 4) is 0 Å². The van der Waals surface area contributed by atoms with Crippen LogP contribution in [0.3, 0.4) is 0 Å². The smallest absolute Gasteiger partial charge is 0.358 e. The van der Waals surface area contributed by atoms with Crippen molar-refractivity contribution in [1.29, 1.82) is 0 Å². The number of hydrogen-bond donors (Lipinski definition) is 1. The van der Waals surface area contributed by atoms with Crippen LogP contribution in [0.1, 0.15) is 22.6 Å². The summed E-state index contributed by atoms with van der Waals surface area (Å²) in [4.78, 5) is 22.8. The molecule has 0 unspecified atom stereocenters. The fourth-order valence-electron chi connectivity index (χ4n) is 2.86. The van der Waals surface area contributed by atoms with Crippen LogP contribution in [-0.4, -0.2) is 30.4 Å². The van der Waals surface area contributed by atoms with Crippen molar-refractivity contribution in [2.75, 3.05) is 5.32 Å². The summed E-state index contributed by atoms with van der Waals surface area (Å²) in [5.74, 6) is -0.641. The standard InChI is InChI=1S/C18H18Br2N6O3/c1-10-16(19)11(2)24(22-10)8-13-5-4-6-14(7-13)21-15(27)9-25-12(3)17(20)18(23-25)26(28)29/h4-7H,8-9H2,1-3H3,(H,21,27). The molecule has 0 bridgehead atoms. The van der Waals surface area contributed by atoms with E-state index in [4.69, 9.17) is 0 Å². The molecule has 0 spiro atoms. The van der Waals surface area contributed by atoms with E-state index in [-0.39, 0.29) is 22.7 Å². The Morgan fingerprint density at radius 3 is 2.41 bits per heavy atom. The summed E-state index contributed by atoms with van der Waals surface area (Å²) in [7, 11) is 0. The van der Waals surface area contributed by atoms with E-state index in [1.165, 1.54) is 4.68 Å². The summed E-state index contributed by atoms with van der Waals surface area (Å²) in [5.41, 5.74) is 4.07. The zero-order valence-corrected chi connectivity index (χ0v) is 19.1. The molecular formula is C18H18Br2N6O3. The van der Waals surface area contributed by atoms with Gasteiger partial charge in [-0.15, -0.1) is 0 Å². The van der Waals surface area contributed by atoms with Crippen LogP contribution in [-0.2, 0) is 17.9 Å². The van der Waals surface area contributed by atoms with Gasteiger partial charge in [-0.2, -0.15) is 9.78 Å². The number of halogens is 2. The Hall–Kier alpha value is -2.53. The molecule has 9 nitrogen and oxygen atoms in total. The van der Waals surface area contributed by atoms with E-state index in [1.54, 1.807) is 13.0 Å². The van der Waals surface area contributed by atoms with Crippen LogP contribution in [0.4, 0.5) is 11.5 Å². The number of hydrogen-bond acceptors (Lipinski definition) is 5. The second-order valence-electron chi connectivity index (χ2n) is 6.53. The topological polar surface area (TPSA) is 108 Å². The Kier molecular flexibility index (Phi) is 6.18. The average Bonchev–Trinajstić information content (AvgIpc) is 3.07. The van der Waals surface area contributed by atoms with Crippen molar-refractivity contribution in [2.45, 2.75) is 33.9 Å². The largest absolute Gasteiger partial charge is 0.404 e. The number of aromatic nitrogens is 4. The molecule has 3 aromatic rings. The molecule has 11 heteroatoms. The number of nitro groups is 1. The van der Waals surface area contributed by atoms with Crippen molar-refractivity contribution >= 4 is 49.3 Å². The molecule has 3 rings (SSSR count). The molecule has 152 valence electrons. The highest BCUT2D eigenvalue weighted by Crippen LogP contribution is 2.27. The summed E-state index contributed by atoms with van der Waals surface area (Å²) in [5, 5.41) is 22.2. The minimum absolute atomic E-state index is 0.132. The normalized spacial score (nSPS) is 10.9. The first-order valence-corrected chi connectivity index (χ1v) is 10.2. The number of anilines is 1. The quantitative estimate of drug-likeness (QED) is 0.384. The first kappa shape index (κ1) is 21.2. The maximum Gasteiger partial charge on any atom is 0.404 e. The third-order valence-corrected chi connectivity index (χ3v) is 6.50. The lowest BCUT2D eigenvalue weighted by atomic mass is 10.2. The van der Waals surface area contributed by atoms with Gasteiger partial charge in [0.05, 0.1) is 33.2 Å². The van der Waals surface area contributed by atoms with Gasteiger partial charge in [0.1, 0.15) is 11.0 Å². The van der Waals surface area contributed by atoms with Gasteiger partial charge in [-0.1, -0.05) is 12.1 Å². The van der Waals surface area contributed by atoms with E-state index in [0.29, 0.717) is 17.9 Å². The maximum absolute atomic E-state index is 12.4. The summed E-state index contributed by atoms with van der Waals surface area (Å²) in [6.45, 7) is 6.01. The van der Waals surface area contributed by atoms with Crippen LogP contribution in [0.25, 0.3) is 0 Å². The first-order chi connectivity index (χ1) is 13.7. The van der Waals surface area contributed by atoms with E-state index in [2.05, 4.69) is 47.4 Å². The van der Waals surface area contributed by atoms with Crippen LogP contribution in [0.15, 0.2) is 33.2 Å². The van der Waals surface area contributed by atoms with Gasteiger partial charge in [-0.3, -0.25) is 9.48 Å². The molecule has 1 N–H and O–H groups in total. The lowest BCUT2D eigenvalue weighted by Crippen LogP contribution is -2.20. The number of carbonyl (C=O) groups excluding carboxylic acids is 1. The fraction of sp³-hybridized carbons (Fsp3) is 0.278. The van der Waals surface area contributed by atoms with Gasteiger partial charge in [0.25, 0.3) is 0 Å². The predicted octanol–water partition coefficient (Wildman–Crippen LogP) is 4.13. The van der Waals surface area contributed by atoms with Crippen LogP contribution in [0.2, 0.25) is 0 Å². The SMILES string of the molecule is Cc1nn(Cc2cccc(NC(=O)Cn3nc([N+](=O)[O-])c(Br)c3C)c2)c(C)c1Br. The summed E-state index contributed by atoms with van der Waals surface area (Å²) >= 11 is 6.66. The number of aryl methyl sites for hydroxylation is 1. The molecular weight excluding hydrogens is 508 g/mol. The minimum Gasteiger partial charge on any atom is -0.358 e. The zero-order valence-electron chi connectivity index (χ0n) is 15.9. The van der Waals surface area contributed by atoms with Crippen molar-refractivity contribution in [1.82, 2.24) is 19.6 Å². The Morgan fingerprint density at radius 1 is 1.14 bits per heavy atom. The lowest BCUT2D eigenvalue weighted by Gasteiger charge is -2.09. The highest BCUT2D eigenvalue weighted by molar-refractivity contribution is 9.11. The van der Waals surface area contributed by atoms with Crippen molar-refractivity contribution in [2.24, 2.45) is 0 Å². The van der Waals surface area contributed by atoms with Gasteiger partial charge in [-0.05, 0) is 75.3 Å². The molecule has 0 aliphatic heterocycles. The van der Waals surface area contributed by atoms with Crippen molar-refractivity contribution < 1.29 is 9.72 Å². The molecule has 0 aliphatic rings. The number of benzene rings is 1. The van der Waals surface area contributed by atoms with Crippen molar-refractivity contribution in [3.05, 3.63) is 66.0 Å². The van der Waals surface area contributed by atoms with Crippen LogP contribution in [0.5, 0.6) is 0 Å². The van der Waals surface area contributed by atoms with Gasteiger partial charge in [0, 0.05) is 5.69 Å². The first-order valence-electron chi connectivity index (χ1n) is 8.63. The number of nitrogens with zero attached hydrogens (tertiary/aromatic N) is 5. The van der Waals surface area contributed by atoms with Crippen LogP contribution >= 0.6 is 31.9 Å². The Labute approximate surface area is 183 Å². The van der Waals surface area contributed by atoms with Crippen LogP contribution in [0, 0.1) is 30.9 Å². The number of carbonyl (C=O) groups is 1. The lowest BCUT2D eigenvalue weighted by molar-refractivity contribution is -0.390. The number of rotatable bonds is 6. The Bertz CT molecular complexity index is 1110. The second-order valence-corrected chi connectivity index (χ2v) is 8.11. The molecule has 0 radical (unpaired) electrons. The molecule has 29 heavy (non-hydrogen) atoms. The molecule has 0 fully saturated rings. The van der Waals surface area contributed by atoms with Gasteiger partial charge in [0.15, 0.2) is 0 Å². The van der Waals surface area contributed by atoms with Crippen molar-refractivity contribution in [3.63, 3.8) is 0 Å². The zero-order chi connectivity index (χ0) is 21.3. The number of amides is 1. The monoisotopic (exact) mass is 524 g/mol. The predicted molar refractivity (Wildman–Crippen MR) is 115 cm³/mol. The highest BCUT2D eigenvalue weighted by Gasteiger charge is 2.24. The summed E-state index contributed by atoms with van der Waals surface area (Å²) in [6, 6.07) is 7.47. The highest BCUT2D eigenvalue weighted by atomic mass is 79.9. The molecule has 0 atom stereocenters. The molecule has 2 aromatic heterocycles. The Morgan fingerprint density at radius 2 is 1.83 bits per heavy atom. The molecule has 1 aromatic carbocycles. The second kappa shape index (κ2) is 8.46. The third-order valence-electron chi connectivity index (χ3n) is 4.42. The summed E-state index contributed by atoms with van der Waals surface area (Å²) in [6.07, 6.45) is 0. The maximum atomic E-state index is 12.4. The van der Waals surface area contributed by atoms with Gasteiger partial charge in [0.2, 0.25) is 5.91 Å². The minimum atomic E-state index is -0.591. The fourth-order valence-corrected chi connectivity index (χ4v) is 3.58. The molecule has 2 heterocycles. The van der Waals surface area contributed by atoms with E-state index in [9.17, 15) is 14.9 Å².